The summed E-state index contributed by atoms with van der Waals surface area (Å²) >= 11 is 0. The minimum Gasteiger partial charge on any atom is -0.493 e. The first-order chi connectivity index (χ1) is 11.2. The van der Waals surface area contributed by atoms with Gasteiger partial charge in [-0.05, 0) is 37.9 Å². The summed E-state index contributed by atoms with van der Waals surface area (Å²) in [6.45, 7) is 3.68. The van der Waals surface area contributed by atoms with Crippen LogP contribution in [0, 0.1) is 6.92 Å². The normalized spacial score (nSPS) is 16.9. The van der Waals surface area contributed by atoms with Crippen LogP contribution in [0.5, 0.6) is 17.2 Å². The monoisotopic (exact) mass is 323 g/mol. The Bertz CT molecular complexity index is 526. The number of hydrogen-bond acceptors (Lipinski definition) is 6. The molecule has 1 aromatic carbocycles. The lowest BCUT2D eigenvalue weighted by Crippen LogP contribution is -2.32. The smallest absolute Gasteiger partial charge is 0.323 e. The highest BCUT2D eigenvalue weighted by Crippen LogP contribution is 2.34. The molecular weight excluding hydrogens is 298 g/mol. The van der Waals surface area contributed by atoms with Crippen LogP contribution < -0.4 is 19.5 Å². The Kier molecular flexibility index (Phi) is 6.52. The minimum absolute atomic E-state index is 0.135. The first-order valence-corrected chi connectivity index (χ1v) is 7.91. The highest BCUT2D eigenvalue weighted by Gasteiger charge is 2.23. The van der Waals surface area contributed by atoms with Crippen LogP contribution in [0.1, 0.15) is 24.8 Å². The topological polar surface area (TPSA) is 66.0 Å². The number of methoxy groups -OCH3 is 2. The maximum atomic E-state index is 11.7. The van der Waals surface area contributed by atoms with Crippen LogP contribution in [0.4, 0.5) is 0 Å². The molecule has 23 heavy (non-hydrogen) atoms. The minimum atomic E-state index is -0.162. The van der Waals surface area contributed by atoms with Gasteiger partial charge in [0.2, 0.25) is 0 Å². The molecule has 0 bridgehead atoms. The largest absolute Gasteiger partial charge is 0.493 e. The van der Waals surface area contributed by atoms with Crippen molar-refractivity contribution >= 4 is 5.97 Å². The van der Waals surface area contributed by atoms with E-state index in [0.717, 1.165) is 30.7 Å². The lowest BCUT2D eigenvalue weighted by Gasteiger charge is -2.14. The molecule has 0 unspecified atom stereocenters. The van der Waals surface area contributed by atoms with Crippen LogP contribution in [0.3, 0.4) is 0 Å². The van der Waals surface area contributed by atoms with Gasteiger partial charge in [0.15, 0.2) is 11.5 Å². The van der Waals surface area contributed by atoms with E-state index in [4.69, 9.17) is 18.9 Å². The van der Waals surface area contributed by atoms with Gasteiger partial charge in [0.25, 0.3) is 0 Å². The van der Waals surface area contributed by atoms with Crippen LogP contribution >= 0.6 is 0 Å². The van der Waals surface area contributed by atoms with Gasteiger partial charge in [0.05, 0.1) is 27.4 Å². The Balaban J connectivity index is 1.74. The molecule has 6 heteroatoms. The van der Waals surface area contributed by atoms with Crippen molar-refractivity contribution in [1.29, 1.82) is 0 Å². The molecule has 1 atom stereocenters. The molecule has 0 saturated carbocycles. The molecule has 1 aromatic rings. The van der Waals surface area contributed by atoms with Gasteiger partial charge in [0.1, 0.15) is 11.8 Å². The molecule has 0 aromatic heterocycles. The van der Waals surface area contributed by atoms with E-state index >= 15 is 0 Å². The third-order valence-corrected chi connectivity index (χ3v) is 3.82. The SMILES string of the molecule is COc1cc(C)c(OCCCOC(=O)[C@@H]2CCCN2)cc1OC. The van der Waals surface area contributed by atoms with Crippen molar-refractivity contribution in [3.8, 4) is 17.2 Å². The number of benzene rings is 1. The molecule has 1 N–H and O–H groups in total. The summed E-state index contributed by atoms with van der Waals surface area (Å²) in [6, 6.07) is 3.55. The molecule has 0 spiro atoms. The van der Waals surface area contributed by atoms with Crippen LogP contribution in [0.25, 0.3) is 0 Å². The molecule has 6 nitrogen and oxygen atoms in total. The molecule has 128 valence electrons. The molecule has 1 aliphatic rings. The summed E-state index contributed by atoms with van der Waals surface area (Å²) in [5.41, 5.74) is 0.967. The molecule has 1 heterocycles. The quantitative estimate of drug-likeness (QED) is 0.584. The van der Waals surface area contributed by atoms with Crippen molar-refractivity contribution < 1.29 is 23.7 Å². The van der Waals surface area contributed by atoms with Crippen molar-refractivity contribution in [1.82, 2.24) is 5.32 Å². The second-order valence-electron chi connectivity index (χ2n) is 5.49. The molecule has 1 fully saturated rings. The molecule has 0 aliphatic carbocycles. The fraction of sp³-hybridized carbons (Fsp3) is 0.588. The van der Waals surface area contributed by atoms with Gasteiger partial charge in [0, 0.05) is 12.5 Å². The predicted octanol–water partition coefficient (Wildman–Crippen LogP) is 2.08. The number of aryl methyl sites for hydroxylation is 1. The third kappa shape index (κ3) is 4.76. The Morgan fingerprint density at radius 2 is 1.91 bits per heavy atom. The van der Waals surface area contributed by atoms with Gasteiger partial charge in [-0.25, -0.2) is 0 Å². The van der Waals surface area contributed by atoms with Crippen LogP contribution in [-0.2, 0) is 9.53 Å². The zero-order valence-electron chi connectivity index (χ0n) is 14.0. The van der Waals surface area contributed by atoms with Gasteiger partial charge in [-0.2, -0.15) is 0 Å². The second-order valence-corrected chi connectivity index (χ2v) is 5.49. The Labute approximate surface area is 137 Å². The number of esters is 1. The van der Waals surface area contributed by atoms with E-state index < -0.39 is 0 Å². The van der Waals surface area contributed by atoms with Crippen LogP contribution in [0.15, 0.2) is 12.1 Å². The lowest BCUT2D eigenvalue weighted by molar-refractivity contribution is -0.145. The zero-order valence-corrected chi connectivity index (χ0v) is 14.0. The summed E-state index contributed by atoms with van der Waals surface area (Å²) in [5, 5.41) is 3.12. The number of nitrogens with one attached hydrogen (secondary N) is 1. The fourth-order valence-corrected chi connectivity index (χ4v) is 2.52. The van der Waals surface area contributed by atoms with Crippen molar-refractivity contribution in [3.63, 3.8) is 0 Å². The van der Waals surface area contributed by atoms with E-state index in [1.807, 2.05) is 19.1 Å². The van der Waals surface area contributed by atoms with Gasteiger partial charge in [-0.3, -0.25) is 4.79 Å². The summed E-state index contributed by atoms with van der Waals surface area (Å²) in [4.78, 5) is 11.7. The van der Waals surface area contributed by atoms with Gasteiger partial charge >= 0.3 is 5.97 Å². The summed E-state index contributed by atoms with van der Waals surface area (Å²) in [5.74, 6) is 1.89. The molecule has 0 radical (unpaired) electrons. The van der Waals surface area contributed by atoms with E-state index in [9.17, 15) is 4.79 Å². The molecule has 1 aliphatic heterocycles. The van der Waals surface area contributed by atoms with Crippen molar-refractivity contribution in [3.05, 3.63) is 17.7 Å². The van der Waals surface area contributed by atoms with E-state index in [-0.39, 0.29) is 12.0 Å². The average Bonchev–Trinajstić information content (AvgIpc) is 3.09. The van der Waals surface area contributed by atoms with Crippen LogP contribution in [0.2, 0.25) is 0 Å². The fourth-order valence-electron chi connectivity index (χ4n) is 2.52. The summed E-state index contributed by atoms with van der Waals surface area (Å²) < 4.78 is 21.5. The van der Waals surface area contributed by atoms with E-state index in [2.05, 4.69) is 5.32 Å². The maximum Gasteiger partial charge on any atom is 0.323 e. The van der Waals surface area contributed by atoms with Crippen molar-refractivity contribution in [2.24, 2.45) is 0 Å². The van der Waals surface area contributed by atoms with Gasteiger partial charge < -0.3 is 24.3 Å². The number of hydrogen-bond donors (Lipinski definition) is 1. The molecule has 2 rings (SSSR count). The average molecular weight is 323 g/mol. The van der Waals surface area contributed by atoms with E-state index in [1.165, 1.54) is 0 Å². The van der Waals surface area contributed by atoms with E-state index in [0.29, 0.717) is 31.1 Å². The molecule has 1 saturated heterocycles. The second kappa shape index (κ2) is 8.62. The highest BCUT2D eigenvalue weighted by atomic mass is 16.5. The Morgan fingerprint density at radius 1 is 1.17 bits per heavy atom. The van der Waals surface area contributed by atoms with E-state index in [1.54, 1.807) is 14.2 Å². The standard InChI is InChI=1S/C17H25NO5/c1-12-10-15(20-2)16(21-3)11-14(12)22-8-5-9-23-17(19)13-6-4-7-18-13/h10-11,13,18H,4-9H2,1-3H3/t13-/m0/s1. The number of rotatable bonds is 8. The molecule has 0 amide bonds. The predicted molar refractivity (Wildman–Crippen MR) is 86.4 cm³/mol. The van der Waals surface area contributed by atoms with Gasteiger partial charge in [-0.1, -0.05) is 0 Å². The third-order valence-electron chi connectivity index (χ3n) is 3.82. The summed E-state index contributed by atoms with van der Waals surface area (Å²) in [6.07, 6.45) is 2.54. The zero-order chi connectivity index (χ0) is 16.7. The van der Waals surface area contributed by atoms with Crippen molar-refractivity contribution in [2.75, 3.05) is 34.0 Å². The summed E-state index contributed by atoms with van der Waals surface area (Å²) in [7, 11) is 3.19. The van der Waals surface area contributed by atoms with Crippen molar-refractivity contribution in [2.45, 2.75) is 32.2 Å². The Hall–Kier alpha value is -1.95. The first kappa shape index (κ1) is 17.4. The first-order valence-electron chi connectivity index (χ1n) is 7.91. The lowest BCUT2D eigenvalue weighted by atomic mass is 10.2. The highest BCUT2D eigenvalue weighted by molar-refractivity contribution is 5.76. The number of ether oxygens (including phenoxy) is 4. The van der Waals surface area contributed by atoms with Crippen LogP contribution in [-0.4, -0.2) is 46.0 Å². The van der Waals surface area contributed by atoms with Gasteiger partial charge in [-0.15, -0.1) is 0 Å². The Morgan fingerprint density at radius 3 is 2.57 bits per heavy atom. The number of carbonyl (C=O) groups is 1. The number of carbonyl (C=O) groups excluding carboxylic acids is 1. The molecular formula is C17H25NO5. The maximum absolute atomic E-state index is 11.7.